The van der Waals surface area contributed by atoms with Crippen molar-refractivity contribution in [2.24, 2.45) is 0 Å². The van der Waals surface area contributed by atoms with Gasteiger partial charge in [-0.05, 0) is 27.7 Å². The number of aryl methyl sites for hydroxylation is 1. The zero-order valence-corrected chi connectivity index (χ0v) is 14.7. The van der Waals surface area contributed by atoms with Gasteiger partial charge >= 0.3 is 0 Å². The number of carbonyl (C=O) groups is 2. The SMILES string of the molecule is Cc1ccc(-c2cc(C(=O)N(C)CC(=O)NC(C)(C)C)on2)cc1. The first-order valence-corrected chi connectivity index (χ1v) is 7.76. The molecule has 6 nitrogen and oxygen atoms in total. The topological polar surface area (TPSA) is 75.4 Å². The average molecular weight is 329 g/mol. The van der Waals surface area contributed by atoms with Crippen molar-refractivity contribution in [3.8, 4) is 11.3 Å². The summed E-state index contributed by atoms with van der Waals surface area (Å²) >= 11 is 0. The number of rotatable bonds is 4. The maximum atomic E-state index is 12.4. The lowest BCUT2D eigenvalue weighted by Gasteiger charge is -2.22. The zero-order valence-electron chi connectivity index (χ0n) is 14.7. The van der Waals surface area contributed by atoms with Crippen molar-refractivity contribution in [3.63, 3.8) is 0 Å². The molecule has 0 atom stereocenters. The number of carbonyl (C=O) groups excluding carboxylic acids is 2. The fourth-order valence-corrected chi connectivity index (χ4v) is 2.17. The molecule has 24 heavy (non-hydrogen) atoms. The van der Waals surface area contributed by atoms with Crippen LogP contribution in [0.15, 0.2) is 34.9 Å². The Morgan fingerprint density at radius 1 is 1.21 bits per heavy atom. The second-order valence-corrected chi connectivity index (χ2v) is 6.90. The molecular weight excluding hydrogens is 306 g/mol. The Morgan fingerprint density at radius 2 is 1.83 bits per heavy atom. The molecule has 2 rings (SSSR count). The summed E-state index contributed by atoms with van der Waals surface area (Å²) in [6.07, 6.45) is 0. The molecule has 1 aromatic carbocycles. The number of amides is 2. The number of nitrogens with one attached hydrogen (secondary N) is 1. The first-order valence-electron chi connectivity index (χ1n) is 7.76. The van der Waals surface area contributed by atoms with Crippen molar-refractivity contribution in [2.75, 3.05) is 13.6 Å². The van der Waals surface area contributed by atoms with E-state index in [0.717, 1.165) is 11.1 Å². The molecule has 0 unspecified atom stereocenters. The summed E-state index contributed by atoms with van der Waals surface area (Å²) in [5, 5.41) is 6.75. The van der Waals surface area contributed by atoms with Crippen LogP contribution < -0.4 is 5.32 Å². The van der Waals surface area contributed by atoms with E-state index in [1.165, 1.54) is 4.90 Å². The number of aromatic nitrogens is 1. The Balaban J connectivity index is 2.05. The normalized spacial score (nSPS) is 11.2. The fourth-order valence-electron chi connectivity index (χ4n) is 2.17. The van der Waals surface area contributed by atoms with Gasteiger partial charge in [0.2, 0.25) is 11.7 Å². The second kappa shape index (κ2) is 6.86. The third-order valence-corrected chi connectivity index (χ3v) is 3.31. The summed E-state index contributed by atoms with van der Waals surface area (Å²) in [5.41, 5.74) is 2.26. The summed E-state index contributed by atoms with van der Waals surface area (Å²) in [5.74, 6) is -0.502. The molecule has 1 N–H and O–H groups in total. The highest BCUT2D eigenvalue weighted by Gasteiger charge is 2.22. The van der Waals surface area contributed by atoms with E-state index in [1.807, 2.05) is 52.0 Å². The van der Waals surface area contributed by atoms with E-state index in [2.05, 4.69) is 10.5 Å². The van der Waals surface area contributed by atoms with Crippen LogP contribution in [0.5, 0.6) is 0 Å². The van der Waals surface area contributed by atoms with Crippen molar-refractivity contribution in [2.45, 2.75) is 33.2 Å². The molecule has 0 spiro atoms. The maximum absolute atomic E-state index is 12.4. The monoisotopic (exact) mass is 329 g/mol. The van der Waals surface area contributed by atoms with Gasteiger partial charge in [0.15, 0.2) is 0 Å². The molecule has 2 amide bonds. The Hall–Kier alpha value is -2.63. The van der Waals surface area contributed by atoms with Crippen LogP contribution in [-0.2, 0) is 4.79 Å². The first kappa shape index (κ1) is 17.7. The number of hydrogen-bond acceptors (Lipinski definition) is 4. The van der Waals surface area contributed by atoms with Gasteiger partial charge in [-0.2, -0.15) is 0 Å². The molecule has 2 aromatic rings. The van der Waals surface area contributed by atoms with Crippen LogP contribution in [0.1, 0.15) is 36.9 Å². The second-order valence-electron chi connectivity index (χ2n) is 6.90. The Bertz CT molecular complexity index is 727. The van der Waals surface area contributed by atoms with Gasteiger partial charge in [0.05, 0.1) is 6.54 Å². The summed E-state index contributed by atoms with van der Waals surface area (Å²) in [7, 11) is 1.55. The van der Waals surface area contributed by atoms with Crippen LogP contribution >= 0.6 is 0 Å². The van der Waals surface area contributed by atoms with Crippen molar-refractivity contribution >= 4 is 11.8 Å². The Kier molecular flexibility index (Phi) is 5.07. The van der Waals surface area contributed by atoms with E-state index in [9.17, 15) is 9.59 Å². The van der Waals surface area contributed by atoms with Crippen molar-refractivity contribution in [1.82, 2.24) is 15.4 Å². The number of benzene rings is 1. The van der Waals surface area contributed by atoms with Gasteiger partial charge in [-0.3, -0.25) is 9.59 Å². The molecule has 0 saturated heterocycles. The molecule has 1 aromatic heterocycles. The van der Waals surface area contributed by atoms with Crippen LogP contribution in [0.2, 0.25) is 0 Å². The number of likely N-dealkylation sites (N-methyl/N-ethyl adjacent to an activating group) is 1. The molecule has 128 valence electrons. The van der Waals surface area contributed by atoms with E-state index >= 15 is 0 Å². The quantitative estimate of drug-likeness (QED) is 0.935. The summed E-state index contributed by atoms with van der Waals surface area (Å²) in [6, 6.07) is 9.36. The molecule has 6 heteroatoms. The average Bonchev–Trinajstić information content (AvgIpc) is 2.94. The molecule has 0 aliphatic rings. The van der Waals surface area contributed by atoms with Crippen LogP contribution in [0.4, 0.5) is 0 Å². The van der Waals surface area contributed by atoms with Crippen molar-refractivity contribution in [3.05, 3.63) is 41.7 Å². The standard InChI is InChI=1S/C18H23N3O3/c1-12-6-8-13(9-7-12)14-10-15(24-20-14)17(23)21(5)11-16(22)19-18(2,3)4/h6-10H,11H2,1-5H3,(H,19,22). The van der Waals surface area contributed by atoms with E-state index in [-0.39, 0.29) is 29.7 Å². The van der Waals surface area contributed by atoms with Gasteiger partial charge in [0, 0.05) is 24.2 Å². The predicted molar refractivity (Wildman–Crippen MR) is 91.5 cm³/mol. The van der Waals surface area contributed by atoms with Crippen molar-refractivity contribution < 1.29 is 14.1 Å². The number of nitrogens with zero attached hydrogens (tertiary/aromatic N) is 2. The highest BCUT2D eigenvalue weighted by atomic mass is 16.5. The molecule has 0 bridgehead atoms. The van der Waals surface area contributed by atoms with Crippen LogP contribution in [0.25, 0.3) is 11.3 Å². The lowest BCUT2D eigenvalue weighted by Crippen LogP contribution is -2.46. The Labute approximate surface area is 141 Å². The largest absolute Gasteiger partial charge is 0.350 e. The third-order valence-electron chi connectivity index (χ3n) is 3.31. The van der Waals surface area contributed by atoms with E-state index in [1.54, 1.807) is 13.1 Å². The van der Waals surface area contributed by atoms with Gasteiger partial charge in [-0.1, -0.05) is 35.0 Å². The zero-order chi connectivity index (χ0) is 17.9. The van der Waals surface area contributed by atoms with Crippen LogP contribution in [-0.4, -0.2) is 41.0 Å². The van der Waals surface area contributed by atoms with E-state index in [4.69, 9.17) is 4.52 Å². The van der Waals surface area contributed by atoms with Crippen LogP contribution in [0, 0.1) is 6.92 Å². The molecule has 0 saturated carbocycles. The lowest BCUT2D eigenvalue weighted by atomic mass is 10.1. The third kappa shape index (κ3) is 4.68. The summed E-state index contributed by atoms with van der Waals surface area (Å²) in [6.45, 7) is 7.61. The highest BCUT2D eigenvalue weighted by Crippen LogP contribution is 2.20. The molecular formula is C18H23N3O3. The van der Waals surface area contributed by atoms with Gasteiger partial charge in [-0.25, -0.2) is 0 Å². The number of hydrogen-bond donors (Lipinski definition) is 1. The molecule has 0 fully saturated rings. The Morgan fingerprint density at radius 3 is 2.42 bits per heavy atom. The van der Waals surface area contributed by atoms with E-state index < -0.39 is 0 Å². The first-order chi connectivity index (χ1) is 11.2. The fraction of sp³-hybridized carbons (Fsp3) is 0.389. The van der Waals surface area contributed by atoms with E-state index in [0.29, 0.717) is 5.69 Å². The summed E-state index contributed by atoms with van der Waals surface area (Å²) in [4.78, 5) is 25.6. The van der Waals surface area contributed by atoms with Gasteiger partial charge in [0.25, 0.3) is 5.91 Å². The molecule has 0 aliphatic carbocycles. The molecule has 0 radical (unpaired) electrons. The van der Waals surface area contributed by atoms with Crippen LogP contribution in [0.3, 0.4) is 0 Å². The van der Waals surface area contributed by atoms with Crippen molar-refractivity contribution in [1.29, 1.82) is 0 Å². The molecule has 1 heterocycles. The lowest BCUT2D eigenvalue weighted by molar-refractivity contribution is -0.123. The maximum Gasteiger partial charge on any atom is 0.292 e. The smallest absolute Gasteiger partial charge is 0.292 e. The minimum absolute atomic E-state index is 0.0450. The van der Waals surface area contributed by atoms with Gasteiger partial charge in [0.1, 0.15) is 5.69 Å². The summed E-state index contributed by atoms with van der Waals surface area (Å²) < 4.78 is 5.14. The highest BCUT2D eigenvalue weighted by molar-refractivity contribution is 5.94. The van der Waals surface area contributed by atoms with Gasteiger partial charge in [-0.15, -0.1) is 0 Å². The predicted octanol–water partition coefficient (Wildman–Crippen LogP) is 2.64. The minimum Gasteiger partial charge on any atom is -0.350 e. The molecule has 0 aliphatic heterocycles. The van der Waals surface area contributed by atoms with Gasteiger partial charge < -0.3 is 14.7 Å². The minimum atomic E-state index is -0.384.